The van der Waals surface area contributed by atoms with Gasteiger partial charge in [0.05, 0.1) is 5.54 Å². The second-order valence-corrected chi connectivity index (χ2v) is 5.11. The maximum atomic E-state index is 11.9. The van der Waals surface area contributed by atoms with Crippen LogP contribution in [-0.4, -0.2) is 24.8 Å². The third-order valence-electron chi connectivity index (χ3n) is 3.44. The quantitative estimate of drug-likeness (QED) is 0.890. The van der Waals surface area contributed by atoms with Crippen molar-refractivity contribution in [3.05, 3.63) is 29.8 Å². The van der Waals surface area contributed by atoms with Crippen molar-refractivity contribution in [2.24, 2.45) is 5.73 Å². The van der Waals surface area contributed by atoms with Gasteiger partial charge in [0.15, 0.2) is 0 Å². The summed E-state index contributed by atoms with van der Waals surface area (Å²) in [4.78, 5) is 13.7. The van der Waals surface area contributed by atoms with Crippen molar-refractivity contribution in [3.8, 4) is 0 Å². The summed E-state index contributed by atoms with van der Waals surface area (Å²) in [5.41, 5.74) is 7.34. The number of nitrogens with two attached hydrogens (primary N) is 1. The zero-order valence-corrected chi connectivity index (χ0v) is 11.0. The highest BCUT2D eigenvalue weighted by Gasteiger charge is 2.43. The molecule has 2 N–H and O–H groups in total. The lowest BCUT2D eigenvalue weighted by atomic mass is 9.95. The van der Waals surface area contributed by atoms with E-state index in [2.05, 4.69) is 0 Å². The molecule has 1 saturated heterocycles. The number of nitrogens with zero attached hydrogens (tertiary/aromatic N) is 1. The fraction of sp³-hybridized carbons (Fsp3) is 0.500. The lowest BCUT2D eigenvalue weighted by molar-refractivity contribution is 0.173. The molecule has 1 atom stereocenters. The van der Waals surface area contributed by atoms with E-state index in [1.807, 2.05) is 38.1 Å². The number of benzene rings is 1. The third-order valence-corrected chi connectivity index (χ3v) is 3.44. The van der Waals surface area contributed by atoms with Gasteiger partial charge in [-0.05, 0) is 45.4 Å². The summed E-state index contributed by atoms with van der Waals surface area (Å²) >= 11 is 0. The molecule has 1 aromatic rings. The highest BCUT2D eigenvalue weighted by Crippen LogP contribution is 2.33. The molecule has 1 aliphatic heterocycles. The van der Waals surface area contributed by atoms with Crippen LogP contribution in [0.5, 0.6) is 0 Å². The molecule has 0 aromatic heterocycles. The molecular formula is C14H20N2O2. The van der Waals surface area contributed by atoms with Crippen molar-refractivity contribution in [1.29, 1.82) is 0 Å². The number of carbonyl (C=O) groups is 1. The van der Waals surface area contributed by atoms with Crippen molar-refractivity contribution in [3.63, 3.8) is 0 Å². The van der Waals surface area contributed by atoms with Crippen molar-refractivity contribution in [1.82, 2.24) is 0 Å². The minimum absolute atomic E-state index is 0.265. The zero-order valence-electron chi connectivity index (χ0n) is 11.0. The average molecular weight is 248 g/mol. The van der Waals surface area contributed by atoms with Crippen LogP contribution in [0, 0.1) is 6.92 Å². The molecule has 4 nitrogen and oxygen atoms in total. The van der Waals surface area contributed by atoms with Crippen LogP contribution >= 0.6 is 0 Å². The van der Waals surface area contributed by atoms with Gasteiger partial charge >= 0.3 is 6.09 Å². The molecule has 0 saturated carbocycles. The van der Waals surface area contributed by atoms with Crippen molar-refractivity contribution < 1.29 is 9.53 Å². The molecule has 18 heavy (non-hydrogen) atoms. The number of cyclic esters (lactones) is 1. The summed E-state index contributed by atoms with van der Waals surface area (Å²) in [6.45, 7) is 5.14. The first-order chi connectivity index (χ1) is 8.57. The molecule has 1 heterocycles. The number of ether oxygens (including phenoxy) is 1. The largest absolute Gasteiger partial charge is 0.447 e. The average Bonchev–Trinajstić information content (AvgIpc) is 2.65. The standard InChI is InChI=1S/C14H20N2O2/c1-11-4-6-12(7-5-11)16-13(17)18-10-14(16,2)8-3-9-15/h4-7H,3,8-10,15H2,1-2H3. The van der Waals surface area contributed by atoms with E-state index in [4.69, 9.17) is 10.5 Å². The van der Waals surface area contributed by atoms with E-state index in [1.165, 1.54) is 5.56 Å². The van der Waals surface area contributed by atoms with Crippen molar-refractivity contribution in [2.75, 3.05) is 18.1 Å². The van der Waals surface area contributed by atoms with Gasteiger partial charge in [-0.15, -0.1) is 0 Å². The van der Waals surface area contributed by atoms with E-state index in [0.717, 1.165) is 18.5 Å². The molecule has 0 bridgehead atoms. The predicted molar refractivity (Wildman–Crippen MR) is 71.7 cm³/mol. The number of aryl methyl sites for hydroxylation is 1. The van der Waals surface area contributed by atoms with Gasteiger partial charge in [-0.1, -0.05) is 17.7 Å². The van der Waals surface area contributed by atoms with Crippen molar-refractivity contribution >= 4 is 11.8 Å². The van der Waals surface area contributed by atoms with E-state index in [0.29, 0.717) is 13.2 Å². The Labute approximate surface area is 108 Å². The number of amides is 1. The Bertz CT molecular complexity index is 430. The fourth-order valence-corrected chi connectivity index (χ4v) is 2.34. The van der Waals surface area contributed by atoms with Crippen LogP contribution in [0.1, 0.15) is 25.3 Å². The Kier molecular flexibility index (Phi) is 3.57. The van der Waals surface area contributed by atoms with Gasteiger partial charge in [-0.3, -0.25) is 4.90 Å². The van der Waals surface area contributed by atoms with Crippen LogP contribution in [0.25, 0.3) is 0 Å². The third kappa shape index (κ3) is 2.34. The highest BCUT2D eigenvalue weighted by atomic mass is 16.6. The Morgan fingerprint density at radius 2 is 2.06 bits per heavy atom. The highest BCUT2D eigenvalue weighted by molar-refractivity contribution is 5.91. The number of hydrogen-bond acceptors (Lipinski definition) is 3. The molecule has 0 radical (unpaired) electrons. The van der Waals surface area contributed by atoms with Crippen LogP contribution in [0.4, 0.5) is 10.5 Å². The Balaban J connectivity index is 2.27. The van der Waals surface area contributed by atoms with Crippen LogP contribution in [0.2, 0.25) is 0 Å². The van der Waals surface area contributed by atoms with Crippen LogP contribution in [-0.2, 0) is 4.74 Å². The second-order valence-electron chi connectivity index (χ2n) is 5.11. The van der Waals surface area contributed by atoms with E-state index >= 15 is 0 Å². The van der Waals surface area contributed by atoms with Crippen LogP contribution in [0.3, 0.4) is 0 Å². The molecule has 1 fully saturated rings. The molecular weight excluding hydrogens is 228 g/mol. The summed E-state index contributed by atoms with van der Waals surface area (Å²) in [5.74, 6) is 0. The van der Waals surface area contributed by atoms with E-state index < -0.39 is 0 Å². The molecule has 2 rings (SSSR count). The number of carbonyl (C=O) groups excluding carboxylic acids is 1. The zero-order chi connectivity index (χ0) is 13.2. The summed E-state index contributed by atoms with van der Waals surface area (Å²) in [6, 6.07) is 7.93. The predicted octanol–water partition coefficient (Wildman–Crippen LogP) is 2.45. The Morgan fingerprint density at radius 3 is 2.67 bits per heavy atom. The van der Waals surface area contributed by atoms with E-state index in [1.54, 1.807) is 4.90 Å². The first-order valence-corrected chi connectivity index (χ1v) is 6.30. The van der Waals surface area contributed by atoms with Gasteiger partial charge in [0.1, 0.15) is 6.61 Å². The summed E-state index contributed by atoms with van der Waals surface area (Å²) in [7, 11) is 0. The maximum Gasteiger partial charge on any atom is 0.415 e. The SMILES string of the molecule is Cc1ccc(N2C(=O)OCC2(C)CCCN)cc1. The first kappa shape index (κ1) is 12.9. The molecule has 1 amide bonds. The molecule has 1 aromatic carbocycles. The Morgan fingerprint density at radius 1 is 1.39 bits per heavy atom. The molecule has 98 valence electrons. The first-order valence-electron chi connectivity index (χ1n) is 6.30. The van der Waals surface area contributed by atoms with Gasteiger partial charge in [0, 0.05) is 5.69 Å². The van der Waals surface area contributed by atoms with Gasteiger partial charge in [0.2, 0.25) is 0 Å². The second kappa shape index (κ2) is 4.98. The molecule has 1 unspecified atom stereocenters. The minimum Gasteiger partial charge on any atom is -0.447 e. The van der Waals surface area contributed by atoms with Crippen LogP contribution < -0.4 is 10.6 Å². The number of anilines is 1. The van der Waals surface area contributed by atoms with Gasteiger partial charge in [-0.2, -0.15) is 0 Å². The van der Waals surface area contributed by atoms with Crippen molar-refractivity contribution in [2.45, 2.75) is 32.2 Å². The van der Waals surface area contributed by atoms with Gasteiger partial charge in [0.25, 0.3) is 0 Å². The lowest BCUT2D eigenvalue weighted by Gasteiger charge is -2.32. The lowest BCUT2D eigenvalue weighted by Crippen LogP contribution is -2.45. The minimum atomic E-state index is -0.286. The van der Waals surface area contributed by atoms with Crippen LogP contribution in [0.15, 0.2) is 24.3 Å². The molecule has 1 aliphatic rings. The fourth-order valence-electron chi connectivity index (χ4n) is 2.34. The topological polar surface area (TPSA) is 55.6 Å². The summed E-state index contributed by atoms with van der Waals surface area (Å²) < 4.78 is 5.21. The number of hydrogen-bond donors (Lipinski definition) is 1. The monoisotopic (exact) mass is 248 g/mol. The smallest absolute Gasteiger partial charge is 0.415 e. The summed E-state index contributed by atoms with van der Waals surface area (Å²) in [6.07, 6.45) is 1.47. The van der Waals surface area contributed by atoms with Gasteiger partial charge < -0.3 is 10.5 Å². The summed E-state index contributed by atoms with van der Waals surface area (Å²) in [5, 5.41) is 0. The van der Waals surface area contributed by atoms with E-state index in [9.17, 15) is 4.79 Å². The molecule has 4 heteroatoms. The molecule has 0 aliphatic carbocycles. The number of rotatable bonds is 4. The van der Waals surface area contributed by atoms with E-state index in [-0.39, 0.29) is 11.6 Å². The normalized spacial score (nSPS) is 23.3. The molecule has 0 spiro atoms. The maximum absolute atomic E-state index is 11.9. The van der Waals surface area contributed by atoms with Gasteiger partial charge in [-0.25, -0.2) is 4.79 Å². The Hall–Kier alpha value is -1.55.